The Hall–Kier alpha value is -2.83. The number of benzene rings is 2. The molecular weight excluding hydrogens is 366 g/mol. The molecule has 2 N–H and O–H groups in total. The van der Waals surface area contributed by atoms with E-state index < -0.39 is 0 Å². The molecule has 0 aliphatic rings. The van der Waals surface area contributed by atoms with E-state index in [-0.39, 0.29) is 11.1 Å². The molecular formula is C20H19ClN3O3+. The quantitative estimate of drug-likeness (QED) is 0.535. The van der Waals surface area contributed by atoms with Gasteiger partial charge in [0.1, 0.15) is 36.5 Å². The predicted molar refractivity (Wildman–Crippen MR) is 105 cm³/mol. The molecule has 0 saturated carbocycles. The van der Waals surface area contributed by atoms with Crippen LogP contribution < -0.4 is 15.2 Å². The van der Waals surface area contributed by atoms with E-state index in [4.69, 9.17) is 20.8 Å². The first kappa shape index (κ1) is 17.6. The van der Waals surface area contributed by atoms with E-state index in [2.05, 4.69) is 9.97 Å². The van der Waals surface area contributed by atoms with Crippen LogP contribution in [0.5, 0.6) is 5.75 Å². The summed E-state index contributed by atoms with van der Waals surface area (Å²) in [6, 6.07) is 14.8. The highest BCUT2D eigenvalue weighted by Gasteiger charge is 2.15. The minimum atomic E-state index is -0.253. The number of aromatic nitrogens is 2. The Balaban J connectivity index is 1.45. The van der Waals surface area contributed by atoms with Gasteiger partial charge < -0.3 is 19.0 Å². The number of hydrogen-bond donors (Lipinski definition) is 2. The number of furan rings is 1. The van der Waals surface area contributed by atoms with Gasteiger partial charge in [0, 0.05) is 10.4 Å². The number of H-pyrrole nitrogens is 1. The summed E-state index contributed by atoms with van der Waals surface area (Å²) in [5, 5.41) is 1.53. The lowest BCUT2D eigenvalue weighted by Gasteiger charge is -2.14. The number of aromatic amines is 1. The van der Waals surface area contributed by atoms with E-state index in [0.717, 1.165) is 17.7 Å². The van der Waals surface area contributed by atoms with Crippen molar-refractivity contribution in [3.63, 3.8) is 0 Å². The Bertz CT molecular complexity index is 1130. The summed E-state index contributed by atoms with van der Waals surface area (Å²) in [6.45, 7) is 1.89. The molecule has 138 valence electrons. The monoisotopic (exact) mass is 384 g/mol. The van der Waals surface area contributed by atoms with E-state index in [1.807, 2.05) is 43.4 Å². The zero-order chi connectivity index (χ0) is 18.8. The minimum absolute atomic E-state index is 0.253. The molecule has 4 aromatic rings. The molecule has 2 aromatic carbocycles. The first-order valence-electron chi connectivity index (χ1n) is 8.70. The lowest BCUT2D eigenvalue weighted by molar-refractivity contribution is -0.894. The molecule has 2 heterocycles. The third-order valence-corrected chi connectivity index (χ3v) is 4.61. The van der Waals surface area contributed by atoms with Crippen molar-refractivity contribution in [1.29, 1.82) is 0 Å². The first-order chi connectivity index (χ1) is 13.1. The van der Waals surface area contributed by atoms with Crippen molar-refractivity contribution in [3.05, 3.63) is 69.7 Å². The van der Waals surface area contributed by atoms with Crippen molar-refractivity contribution in [2.24, 2.45) is 0 Å². The highest BCUT2D eigenvalue weighted by atomic mass is 35.5. The third-order valence-electron chi connectivity index (χ3n) is 4.36. The number of para-hydroxylation sites is 1. The largest absolute Gasteiger partial charge is 0.488 e. The smallest absolute Gasteiger partial charge is 0.294 e. The Labute approximate surface area is 160 Å². The summed E-state index contributed by atoms with van der Waals surface area (Å²) in [6.07, 6.45) is 0. The van der Waals surface area contributed by atoms with E-state index in [9.17, 15) is 4.79 Å². The van der Waals surface area contributed by atoms with E-state index >= 15 is 0 Å². The lowest BCUT2D eigenvalue weighted by Crippen LogP contribution is -3.08. The van der Waals surface area contributed by atoms with Gasteiger partial charge in [-0.3, -0.25) is 4.79 Å². The molecule has 0 fully saturated rings. The van der Waals surface area contributed by atoms with Gasteiger partial charge in [0.25, 0.3) is 5.56 Å². The first-order valence-corrected chi connectivity index (χ1v) is 9.08. The molecule has 6 nitrogen and oxygen atoms in total. The maximum Gasteiger partial charge on any atom is 0.294 e. The van der Waals surface area contributed by atoms with E-state index in [1.54, 1.807) is 12.1 Å². The summed E-state index contributed by atoms with van der Waals surface area (Å²) in [4.78, 5) is 20.9. The standard InChI is InChI=1S/C20H18ClN3O3/c1-24(10-11-26-14-8-6-13(21)7-9-14)12-17-22-18-15-4-2-3-5-16(15)27-19(18)20(25)23-17/h2-9H,10-12H2,1H3,(H,22,23,25)/p+1. The van der Waals surface area contributed by atoms with Crippen molar-refractivity contribution in [3.8, 4) is 5.75 Å². The second kappa shape index (κ2) is 7.42. The van der Waals surface area contributed by atoms with Crippen molar-refractivity contribution >= 4 is 33.7 Å². The molecule has 1 unspecified atom stereocenters. The number of nitrogens with zero attached hydrogens (tertiary/aromatic N) is 1. The van der Waals surface area contributed by atoms with Crippen LogP contribution in [0.2, 0.25) is 5.02 Å². The number of rotatable bonds is 6. The van der Waals surface area contributed by atoms with E-state index in [1.165, 1.54) is 4.90 Å². The molecule has 2 aromatic heterocycles. The van der Waals surface area contributed by atoms with Gasteiger partial charge in [0.05, 0.1) is 7.05 Å². The van der Waals surface area contributed by atoms with Crippen LogP contribution in [0.4, 0.5) is 0 Å². The van der Waals surface area contributed by atoms with Crippen LogP contribution in [0.25, 0.3) is 22.1 Å². The summed E-state index contributed by atoms with van der Waals surface area (Å²) < 4.78 is 11.3. The molecule has 4 rings (SSSR count). The second-order valence-electron chi connectivity index (χ2n) is 6.47. The zero-order valence-electron chi connectivity index (χ0n) is 14.8. The third kappa shape index (κ3) is 3.82. The molecule has 0 amide bonds. The van der Waals surface area contributed by atoms with Crippen LogP contribution in [0.1, 0.15) is 5.82 Å². The van der Waals surface area contributed by atoms with Crippen LogP contribution >= 0.6 is 11.6 Å². The zero-order valence-corrected chi connectivity index (χ0v) is 15.5. The van der Waals surface area contributed by atoms with Gasteiger partial charge in [-0.1, -0.05) is 23.7 Å². The Kier molecular flexibility index (Phi) is 4.83. The van der Waals surface area contributed by atoms with Gasteiger partial charge in [-0.2, -0.15) is 0 Å². The van der Waals surface area contributed by atoms with Crippen LogP contribution in [-0.4, -0.2) is 30.2 Å². The highest BCUT2D eigenvalue weighted by Crippen LogP contribution is 2.24. The van der Waals surface area contributed by atoms with Crippen molar-refractivity contribution in [2.75, 3.05) is 20.2 Å². The predicted octanol–water partition coefficient (Wildman–Crippen LogP) is 2.42. The number of quaternary nitrogens is 1. The van der Waals surface area contributed by atoms with E-state index in [0.29, 0.717) is 35.1 Å². The fourth-order valence-electron chi connectivity index (χ4n) is 2.98. The van der Waals surface area contributed by atoms with Gasteiger partial charge in [-0.25, -0.2) is 4.98 Å². The maximum absolute atomic E-state index is 12.3. The van der Waals surface area contributed by atoms with Gasteiger partial charge in [-0.15, -0.1) is 0 Å². The van der Waals surface area contributed by atoms with Crippen LogP contribution in [0.3, 0.4) is 0 Å². The molecule has 0 aliphatic heterocycles. The van der Waals surface area contributed by atoms with Crippen LogP contribution in [-0.2, 0) is 6.54 Å². The van der Waals surface area contributed by atoms with Crippen LogP contribution in [0, 0.1) is 0 Å². The van der Waals surface area contributed by atoms with Gasteiger partial charge in [0.15, 0.2) is 5.82 Å². The average molecular weight is 385 g/mol. The minimum Gasteiger partial charge on any atom is -0.488 e. The SMILES string of the molecule is C[NH+](CCOc1ccc(Cl)cc1)Cc1nc2c(oc3ccccc32)c(=O)[nH]1. The molecule has 0 saturated heterocycles. The van der Waals surface area contributed by atoms with Gasteiger partial charge in [-0.05, 0) is 36.4 Å². The Morgan fingerprint density at radius 3 is 2.78 bits per heavy atom. The maximum atomic E-state index is 12.3. The summed E-state index contributed by atoms with van der Waals surface area (Å²) >= 11 is 5.87. The summed E-state index contributed by atoms with van der Waals surface area (Å²) in [5.74, 6) is 1.41. The fourth-order valence-corrected chi connectivity index (χ4v) is 3.11. The normalized spacial score (nSPS) is 12.5. The number of ether oxygens (including phenoxy) is 1. The molecule has 0 aliphatic carbocycles. The number of likely N-dealkylation sites (N-methyl/N-ethyl adjacent to an activating group) is 1. The van der Waals surface area contributed by atoms with Crippen LogP contribution in [0.15, 0.2) is 57.7 Å². The number of hydrogen-bond acceptors (Lipinski definition) is 4. The molecule has 0 bridgehead atoms. The number of fused-ring (bicyclic) bond motifs is 3. The van der Waals surface area contributed by atoms with Crippen molar-refractivity contribution in [2.45, 2.75) is 6.54 Å². The summed E-state index contributed by atoms with van der Waals surface area (Å²) in [7, 11) is 2.03. The van der Waals surface area contributed by atoms with Gasteiger partial charge in [0.2, 0.25) is 5.58 Å². The van der Waals surface area contributed by atoms with Crippen molar-refractivity contribution in [1.82, 2.24) is 9.97 Å². The Morgan fingerprint density at radius 2 is 1.96 bits per heavy atom. The summed E-state index contributed by atoms with van der Waals surface area (Å²) in [5.41, 5.74) is 1.29. The van der Waals surface area contributed by atoms with Crippen molar-refractivity contribution < 1.29 is 14.1 Å². The molecule has 1 atom stereocenters. The van der Waals surface area contributed by atoms with Gasteiger partial charge >= 0.3 is 0 Å². The Morgan fingerprint density at radius 1 is 1.19 bits per heavy atom. The second-order valence-corrected chi connectivity index (χ2v) is 6.91. The molecule has 7 heteroatoms. The number of halogens is 1. The molecule has 0 radical (unpaired) electrons. The molecule has 27 heavy (non-hydrogen) atoms. The molecule has 0 spiro atoms. The lowest BCUT2D eigenvalue weighted by atomic mass is 10.2. The highest BCUT2D eigenvalue weighted by molar-refractivity contribution is 6.30. The fraction of sp³-hybridized carbons (Fsp3) is 0.200. The average Bonchev–Trinajstić information content (AvgIpc) is 3.03. The topological polar surface area (TPSA) is 72.6 Å². The number of nitrogens with one attached hydrogen (secondary N) is 2.